The van der Waals surface area contributed by atoms with E-state index in [2.05, 4.69) is 5.32 Å². The van der Waals surface area contributed by atoms with Gasteiger partial charge in [-0.1, -0.05) is 6.07 Å². The lowest BCUT2D eigenvalue weighted by atomic mass is 10.3. The maximum absolute atomic E-state index is 11.3. The highest BCUT2D eigenvalue weighted by Crippen LogP contribution is 2.07. The Morgan fingerprint density at radius 3 is 2.77 bits per heavy atom. The van der Waals surface area contributed by atoms with Gasteiger partial charge in [0.25, 0.3) is 5.91 Å². The zero-order valence-corrected chi connectivity index (χ0v) is 7.93. The lowest BCUT2D eigenvalue weighted by Gasteiger charge is -2.08. The molecule has 0 radical (unpaired) electrons. The third-order valence-electron chi connectivity index (χ3n) is 1.52. The van der Waals surface area contributed by atoms with Gasteiger partial charge in [0, 0.05) is 0 Å². The second-order valence-corrected chi connectivity index (χ2v) is 3.52. The van der Waals surface area contributed by atoms with Gasteiger partial charge in [-0.2, -0.15) is 0 Å². The average Bonchev–Trinajstić information content (AvgIpc) is 2.55. The van der Waals surface area contributed by atoms with Gasteiger partial charge in [-0.15, -0.1) is 11.3 Å². The highest BCUT2D eigenvalue weighted by Gasteiger charge is 2.13. The van der Waals surface area contributed by atoms with E-state index in [1.807, 2.05) is 0 Å². The van der Waals surface area contributed by atoms with Gasteiger partial charge in [0.05, 0.1) is 4.88 Å². The number of carbonyl (C=O) groups excluding carboxylic acids is 2. The molecule has 0 saturated carbocycles. The first-order valence-electron chi connectivity index (χ1n) is 3.75. The molecule has 0 saturated heterocycles. The number of thiophene rings is 1. The molecule has 4 nitrogen and oxygen atoms in total. The smallest absolute Gasteiger partial charge is 0.261 e. The van der Waals surface area contributed by atoms with Crippen LogP contribution in [0.25, 0.3) is 0 Å². The van der Waals surface area contributed by atoms with Gasteiger partial charge in [0.15, 0.2) is 0 Å². The Morgan fingerprint density at radius 2 is 2.31 bits per heavy atom. The first-order chi connectivity index (χ1) is 6.11. The predicted molar refractivity (Wildman–Crippen MR) is 50.4 cm³/mol. The lowest BCUT2D eigenvalue weighted by Crippen LogP contribution is -2.41. The summed E-state index contributed by atoms with van der Waals surface area (Å²) < 4.78 is 0. The molecule has 0 fully saturated rings. The van der Waals surface area contributed by atoms with E-state index >= 15 is 0 Å². The summed E-state index contributed by atoms with van der Waals surface area (Å²) in [5, 5.41) is 4.27. The van der Waals surface area contributed by atoms with Crippen molar-refractivity contribution in [3.8, 4) is 0 Å². The molecule has 1 heterocycles. The topological polar surface area (TPSA) is 72.2 Å². The minimum atomic E-state index is -0.630. The minimum absolute atomic E-state index is 0.263. The first kappa shape index (κ1) is 9.73. The van der Waals surface area contributed by atoms with E-state index in [0.717, 1.165) is 0 Å². The average molecular weight is 198 g/mol. The summed E-state index contributed by atoms with van der Waals surface area (Å²) in [6.07, 6.45) is 0. The molecule has 0 aromatic carbocycles. The number of primary amides is 1. The zero-order valence-electron chi connectivity index (χ0n) is 7.11. The summed E-state index contributed by atoms with van der Waals surface area (Å²) in [5.74, 6) is -0.800. The van der Waals surface area contributed by atoms with Crippen LogP contribution in [0.5, 0.6) is 0 Å². The molecule has 0 unspecified atom stereocenters. The number of amides is 2. The molecule has 1 atom stereocenters. The second kappa shape index (κ2) is 4.04. The quantitative estimate of drug-likeness (QED) is 0.735. The third kappa shape index (κ3) is 2.55. The molecule has 5 heteroatoms. The molecule has 0 spiro atoms. The Kier molecular flexibility index (Phi) is 3.02. The van der Waals surface area contributed by atoms with Crippen LogP contribution in [0.3, 0.4) is 0 Å². The Hall–Kier alpha value is -1.36. The fourth-order valence-corrected chi connectivity index (χ4v) is 1.37. The molecule has 0 bridgehead atoms. The van der Waals surface area contributed by atoms with Crippen LogP contribution < -0.4 is 11.1 Å². The van der Waals surface area contributed by atoms with Crippen LogP contribution in [-0.4, -0.2) is 17.9 Å². The molecule has 0 aliphatic heterocycles. The zero-order chi connectivity index (χ0) is 9.84. The van der Waals surface area contributed by atoms with E-state index in [1.54, 1.807) is 24.4 Å². The highest BCUT2D eigenvalue weighted by molar-refractivity contribution is 7.12. The molecular formula is C8H10N2O2S. The van der Waals surface area contributed by atoms with Gasteiger partial charge in [-0.3, -0.25) is 9.59 Å². The van der Waals surface area contributed by atoms with Crippen LogP contribution in [0.2, 0.25) is 0 Å². The molecule has 1 rings (SSSR count). The molecular weight excluding hydrogens is 188 g/mol. The van der Waals surface area contributed by atoms with Gasteiger partial charge in [-0.05, 0) is 18.4 Å². The van der Waals surface area contributed by atoms with Crippen molar-refractivity contribution in [2.45, 2.75) is 13.0 Å². The van der Waals surface area contributed by atoms with E-state index < -0.39 is 11.9 Å². The van der Waals surface area contributed by atoms with E-state index in [0.29, 0.717) is 4.88 Å². The maximum Gasteiger partial charge on any atom is 0.261 e. The lowest BCUT2D eigenvalue weighted by molar-refractivity contribution is -0.119. The molecule has 2 amide bonds. The Bertz CT molecular complexity index is 308. The maximum atomic E-state index is 11.3. The predicted octanol–water partition coefficient (Wildman–Crippen LogP) is 0.352. The van der Waals surface area contributed by atoms with Gasteiger partial charge in [0.2, 0.25) is 5.91 Å². The van der Waals surface area contributed by atoms with Crippen molar-refractivity contribution in [2.75, 3.05) is 0 Å². The minimum Gasteiger partial charge on any atom is -0.368 e. The second-order valence-electron chi connectivity index (χ2n) is 2.57. The van der Waals surface area contributed by atoms with Gasteiger partial charge in [0.1, 0.15) is 6.04 Å². The summed E-state index contributed by atoms with van der Waals surface area (Å²) in [5.41, 5.74) is 4.99. The SMILES string of the molecule is C[C@@H](NC(=O)c1cccs1)C(N)=O. The van der Waals surface area contributed by atoms with E-state index in [4.69, 9.17) is 5.73 Å². The van der Waals surface area contributed by atoms with Crippen LogP contribution in [-0.2, 0) is 4.79 Å². The number of hydrogen-bond acceptors (Lipinski definition) is 3. The Labute approximate surface area is 79.7 Å². The third-order valence-corrected chi connectivity index (χ3v) is 2.39. The highest BCUT2D eigenvalue weighted by atomic mass is 32.1. The molecule has 0 aliphatic carbocycles. The first-order valence-corrected chi connectivity index (χ1v) is 4.63. The van der Waals surface area contributed by atoms with Gasteiger partial charge >= 0.3 is 0 Å². The van der Waals surface area contributed by atoms with Crippen molar-refractivity contribution in [1.29, 1.82) is 0 Å². The van der Waals surface area contributed by atoms with Gasteiger partial charge in [-0.25, -0.2) is 0 Å². The van der Waals surface area contributed by atoms with E-state index in [9.17, 15) is 9.59 Å². The monoisotopic (exact) mass is 198 g/mol. The van der Waals surface area contributed by atoms with Crippen molar-refractivity contribution < 1.29 is 9.59 Å². The van der Waals surface area contributed by atoms with Crippen molar-refractivity contribution in [2.24, 2.45) is 5.73 Å². The summed E-state index contributed by atoms with van der Waals surface area (Å²) in [7, 11) is 0. The summed E-state index contributed by atoms with van der Waals surface area (Å²) in [6.45, 7) is 1.55. The molecule has 1 aromatic heterocycles. The number of hydrogen-bond donors (Lipinski definition) is 2. The molecule has 70 valence electrons. The Balaban J connectivity index is 2.56. The number of rotatable bonds is 3. The Morgan fingerprint density at radius 1 is 1.62 bits per heavy atom. The van der Waals surface area contributed by atoms with E-state index in [-0.39, 0.29) is 5.91 Å². The van der Waals surface area contributed by atoms with Crippen molar-refractivity contribution >= 4 is 23.2 Å². The van der Waals surface area contributed by atoms with Gasteiger partial charge < -0.3 is 11.1 Å². The molecule has 13 heavy (non-hydrogen) atoms. The van der Waals surface area contributed by atoms with Crippen LogP contribution in [0.1, 0.15) is 16.6 Å². The standard InChI is InChI=1S/C8H10N2O2S/c1-5(7(9)11)10-8(12)6-3-2-4-13-6/h2-5H,1H3,(H2,9,11)(H,10,12)/t5-/m1/s1. The fraction of sp³-hybridized carbons (Fsp3) is 0.250. The summed E-state index contributed by atoms with van der Waals surface area (Å²) >= 11 is 1.32. The molecule has 1 aromatic rings. The van der Waals surface area contributed by atoms with Crippen molar-refractivity contribution in [3.05, 3.63) is 22.4 Å². The van der Waals surface area contributed by atoms with Crippen molar-refractivity contribution in [1.82, 2.24) is 5.32 Å². The van der Waals surface area contributed by atoms with Crippen molar-refractivity contribution in [3.63, 3.8) is 0 Å². The number of nitrogens with two attached hydrogens (primary N) is 1. The van der Waals surface area contributed by atoms with Crippen LogP contribution in [0, 0.1) is 0 Å². The summed E-state index contributed by atoms with van der Waals surface area (Å²) in [6, 6.07) is 2.83. The van der Waals surface area contributed by atoms with Crippen LogP contribution in [0.4, 0.5) is 0 Å². The van der Waals surface area contributed by atoms with Crippen LogP contribution in [0.15, 0.2) is 17.5 Å². The van der Waals surface area contributed by atoms with E-state index in [1.165, 1.54) is 11.3 Å². The summed E-state index contributed by atoms with van der Waals surface area (Å²) in [4.78, 5) is 22.5. The largest absolute Gasteiger partial charge is 0.368 e. The fourth-order valence-electron chi connectivity index (χ4n) is 0.747. The number of nitrogens with one attached hydrogen (secondary N) is 1. The normalized spacial score (nSPS) is 12.1. The van der Waals surface area contributed by atoms with Crippen LogP contribution >= 0.6 is 11.3 Å². The molecule has 3 N–H and O–H groups in total. The number of carbonyl (C=O) groups is 2. The molecule has 0 aliphatic rings.